The van der Waals surface area contributed by atoms with Gasteiger partial charge >= 0.3 is 0 Å². The average molecular weight is 342 g/mol. The number of methoxy groups -OCH3 is 2. The van der Waals surface area contributed by atoms with E-state index in [1.165, 1.54) is 5.56 Å². The van der Waals surface area contributed by atoms with E-state index in [1.807, 2.05) is 42.5 Å². The van der Waals surface area contributed by atoms with Crippen molar-refractivity contribution in [2.75, 3.05) is 40.4 Å². The van der Waals surface area contributed by atoms with E-state index in [9.17, 15) is 0 Å². The molecule has 5 heteroatoms. The van der Waals surface area contributed by atoms with Gasteiger partial charge in [0.2, 0.25) is 5.75 Å². The maximum absolute atomic E-state index is 6.01. The minimum Gasteiger partial charge on any atom is -0.493 e. The Hall–Kier alpha value is -2.24. The van der Waals surface area contributed by atoms with Crippen LogP contribution < -0.4 is 19.5 Å². The van der Waals surface area contributed by atoms with Gasteiger partial charge in [-0.2, -0.15) is 0 Å². The van der Waals surface area contributed by atoms with Gasteiger partial charge in [0.05, 0.1) is 14.2 Å². The van der Waals surface area contributed by atoms with E-state index in [-0.39, 0.29) is 0 Å². The van der Waals surface area contributed by atoms with E-state index < -0.39 is 0 Å². The molecule has 134 valence electrons. The molecule has 2 aromatic rings. The first-order chi connectivity index (χ1) is 12.3. The number of rotatable bonds is 7. The Morgan fingerprint density at radius 3 is 2.16 bits per heavy atom. The fourth-order valence-corrected chi connectivity index (χ4v) is 3.02. The summed E-state index contributed by atoms with van der Waals surface area (Å²) in [6.07, 6.45) is 0. The van der Waals surface area contributed by atoms with Crippen molar-refractivity contribution in [1.29, 1.82) is 0 Å². The van der Waals surface area contributed by atoms with E-state index in [4.69, 9.17) is 14.2 Å². The molecule has 25 heavy (non-hydrogen) atoms. The zero-order valence-electron chi connectivity index (χ0n) is 15.0. The molecule has 1 aliphatic heterocycles. The van der Waals surface area contributed by atoms with Crippen molar-refractivity contribution in [1.82, 2.24) is 10.2 Å². The summed E-state index contributed by atoms with van der Waals surface area (Å²) < 4.78 is 17.1. The summed E-state index contributed by atoms with van der Waals surface area (Å²) in [6.45, 7) is 5.53. The molecular weight excluding hydrogens is 316 g/mol. The van der Waals surface area contributed by atoms with Gasteiger partial charge in [0.15, 0.2) is 11.5 Å². The number of hydrogen-bond donors (Lipinski definition) is 1. The fraction of sp³-hybridized carbons (Fsp3) is 0.400. The third kappa shape index (κ3) is 4.65. The van der Waals surface area contributed by atoms with Crippen LogP contribution in [0, 0.1) is 0 Å². The van der Waals surface area contributed by atoms with Crippen molar-refractivity contribution in [3.63, 3.8) is 0 Å². The first kappa shape index (κ1) is 17.6. The van der Waals surface area contributed by atoms with Crippen molar-refractivity contribution in [3.8, 4) is 17.2 Å². The highest BCUT2D eigenvalue weighted by Gasteiger charge is 2.17. The van der Waals surface area contributed by atoms with Crippen LogP contribution in [0.25, 0.3) is 0 Å². The van der Waals surface area contributed by atoms with Crippen LogP contribution in [0.4, 0.5) is 0 Å². The molecule has 0 spiro atoms. The van der Waals surface area contributed by atoms with Gasteiger partial charge < -0.3 is 19.5 Å². The third-order valence-electron chi connectivity index (χ3n) is 4.36. The predicted molar refractivity (Wildman–Crippen MR) is 98.5 cm³/mol. The van der Waals surface area contributed by atoms with Crippen LogP contribution in [0.5, 0.6) is 17.2 Å². The summed E-state index contributed by atoms with van der Waals surface area (Å²) in [5.74, 6) is 2.07. The molecular formula is C20H26N2O3. The molecule has 2 aromatic carbocycles. The molecule has 0 atom stereocenters. The van der Waals surface area contributed by atoms with Gasteiger partial charge in [0, 0.05) is 32.7 Å². The third-order valence-corrected chi connectivity index (χ3v) is 4.36. The quantitative estimate of drug-likeness (QED) is 0.838. The van der Waals surface area contributed by atoms with Gasteiger partial charge in [-0.05, 0) is 23.3 Å². The summed E-state index contributed by atoms with van der Waals surface area (Å²) in [5.41, 5.74) is 2.28. The van der Waals surface area contributed by atoms with Crippen LogP contribution in [0.1, 0.15) is 11.1 Å². The van der Waals surface area contributed by atoms with Crippen molar-refractivity contribution >= 4 is 0 Å². The normalized spacial score (nSPS) is 15.0. The first-order valence-corrected chi connectivity index (χ1v) is 8.65. The summed E-state index contributed by atoms with van der Waals surface area (Å²) in [6, 6.07) is 14.2. The number of hydrogen-bond acceptors (Lipinski definition) is 5. The second-order valence-corrected chi connectivity index (χ2v) is 6.13. The number of ether oxygens (including phenoxy) is 3. The molecule has 0 aliphatic carbocycles. The van der Waals surface area contributed by atoms with Crippen LogP contribution in [-0.2, 0) is 13.2 Å². The minimum atomic E-state index is 0.477. The Bertz CT molecular complexity index is 645. The molecule has 5 nitrogen and oxygen atoms in total. The Morgan fingerprint density at radius 2 is 1.56 bits per heavy atom. The van der Waals surface area contributed by atoms with Crippen molar-refractivity contribution in [2.45, 2.75) is 13.2 Å². The van der Waals surface area contributed by atoms with Crippen molar-refractivity contribution < 1.29 is 14.2 Å². The number of nitrogens with zero attached hydrogens (tertiary/aromatic N) is 1. The van der Waals surface area contributed by atoms with Gasteiger partial charge in [-0.15, -0.1) is 0 Å². The highest BCUT2D eigenvalue weighted by Crippen LogP contribution is 2.39. The van der Waals surface area contributed by atoms with E-state index >= 15 is 0 Å². The monoisotopic (exact) mass is 342 g/mol. The molecule has 1 N–H and O–H groups in total. The Labute approximate surface area is 149 Å². The molecule has 0 saturated carbocycles. The van der Waals surface area contributed by atoms with Crippen LogP contribution >= 0.6 is 0 Å². The molecule has 3 rings (SSSR count). The molecule has 1 saturated heterocycles. The molecule has 1 aliphatic rings. The molecule has 0 amide bonds. The maximum Gasteiger partial charge on any atom is 0.203 e. The zero-order valence-corrected chi connectivity index (χ0v) is 15.0. The molecule has 0 radical (unpaired) electrons. The Balaban J connectivity index is 1.77. The van der Waals surface area contributed by atoms with Crippen LogP contribution in [0.15, 0.2) is 42.5 Å². The fourth-order valence-electron chi connectivity index (χ4n) is 3.02. The van der Waals surface area contributed by atoms with E-state index in [0.29, 0.717) is 23.9 Å². The summed E-state index contributed by atoms with van der Waals surface area (Å²) >= 11 is 0. The second-order valence-electron chi connectivity index (χ2n) is 6.13. The molecule has 1 heterocycles. The summed E-state index contributed by atoms with van der Waals surface area (Å²) in [4.78, 5) is 2.43. The zero-order chi connectivity index (χ0) is 17.5. The number of nitrogens with one attached hydrogen (secondary N) is 1. The molecule has 0 aromatic heterocycles. The van der Waals surface area contributed by atoms with E-state index in [0.717, 1.165) is 38.3 Å². The van der Waals surface area contributed by atoms with E-state index in [2.05, 4.69) is 10.2 Å². The van der Waals surface area contributed by atoms with Gasteiger partial charge in [-0.25, -0.2) is 0 Å². The Kier molecular flexibility index (Phi) is 6.14. The largest absolute Gasteiger partial charge is 0.493 e. The van der Waals surface area contributed by atoms with Gasteiger partial charge in [0.1, 0.15) is 6.61 Å². The number of piperazine rings is 1. The lowest BCUT2D eigenvalue weighted by atomic mass is 10.1. The van der Waals surface area contributed by atoms with Gasteiger partial charge in [-0.1, -0.05) is 30.3 Å². The number of benzene rings is 2. The lowest BCUT2D eigenvalue weighted by Gasteiger charge is -2.27. The molecule has 0 unspecified atom stereocenters. The predicted octanol–water partition coefficient (Wildman–Crippen LogP) is 2.69. The van der Waals surface area contributed by atoms with Crippen molar-refractivity contribution in [2.24, 2.45) is 0 Å². The molecule has 1 fully saturated rings. The lowest BCUT2D eigenvalue weighted by molar-refractivity contribution is 0.231. The average Bonchev–Trinajstić information content (AvgIpc) is 2.67. The first-order valence-electron chi connectivity index (χ1n) is 8.65. The summed E-state index contributed by atoms with van der Waals surface area (Å²) in [5, 5.41) is 3.38. The van der Waals surface area contributed by atoms with Crippen LogP contribution in [0.3, 0.4) is 0 Å². The second kappa shape index (κ2) is 8.74. The molecule has 0 bridgehead atoms. The summed E-state index contributed by atoms with van der Waals surface area (Å²) in [7, 11) is 3.33. The van der Waals surface area contributed by atoms with E-state index in [1.54, 1.807) is 14.2 Å². The van der Waals surface area contributed by atoms with Gasteiger partial charge in [-0.3, -0.25) is 4.90 Å². The lowest BCUT2D eigenvalue weighted by Crippen LogP contribution is -2.42. The minimum absolute atomic E-state index is 0.477. The topological polar surface area (TPSA) is 43.0 Å². The van der Waals surface area contributed by atoms with Crippen LogP contribution in [0.2, 0.25) is 0 Å². The Morgan fingerprint density at radius 1 is 0.920 bits per heavy atom. The smallest absolute Gasteiger partial charge is 0.203 e. The SMILES string of the molecule is COc1cc(CN2CCNCC2)cc(OC)c1OCc1ccccc1. The van der Waals surface area contributed by atoms with Gasteiger partial charge in [0.25, 0.3) is 0 Å². The highest BCUT2D eigenvalue weighted by atomic mass is 16.5. The van der Waals surface area contributed by atoms with Crippen LogP contribution in [-0.4, -0.2) is 45.3 Å². The highest BCUT2D eigenvalue weighted by molar-refractivity contribution is 5.54. The maximum atomic E-state index is 6.01. The standard InChI is InChI=1S/C20H26N2O3/c1-23-18-12-17(14-22-10-8-21-9-11-22)13-19(24-2)20(18)25-15-16-6-4-3-5-7-16/h3-7,12-13,21H,8-11,14-15H2,1-2H3. The van der Waals surface area contributed by atoms with Crippen molar-refractivity contribution in [3.05, 3.63) is 53.6 Å².